The van der Waals surface area contributed by atoms with Crippen molar-refractivity contribution >= 4 is 17.5 Å². The smallest absolute Gasteiger partial charge is 0.255 e. The number of halogens is 1. The van der Waals surface area contributed by atoms with Crippen LogP contribution >= 0.6 is 11.6 Å². The molecule has 0 aliphatic rings. The van der Waals surface area contributed by atoms with Crippen LogP contribution in [0.4, 0.5) is 0 Å². The molecule has 0 aliphatic heterocycles. The first kappa shape index (κ1) is 17.0. The quantitative estimate of drug-likeness (QED) is 0.788. The molecule has 0 saturated carbocycles. The van der Waals surface area contributed by atoms with Crippen molar-refractivity contribution in [2.45, 2.75) is 46.8 Å². The number of hydrogen-bond donors (Lipinski definition) is 2. The van der Waals surface area contributed by atoms with Crippen LogP contribution in [-0.4, -0.2) is 38.8 Å². The first-order chi connectivity index (χ1) is 9.20. The highest BCUT2D eigenvalue weighted by Crippen LogP contribution is 2.16. The van der Waals surface area contributed by atoms with Crippen LogP contribution in [0.15, 0.2) is 0 Å². The van der Waals surface area contributed by atoms with Crippen LogP contribution in [0.1, 0.15) is 42.5 Å². The number of nitrogens with zero attached hydrogens (tertiary/aromatic N) is 2. The number of aromatic nitrogens is 2. The Kier molecular flexibility index (Phi) is 5.59. The van der Waals surface area contributed by atoms with E-state index in [0.717, 1.165) is 5.69 Å². The minimum absolute atomic E-state index is 0.0592. The molecule has 0 spiro atoms. The van der Waals surface area contributed by atoms with E-state index >= 15 is 0 Å². The van der Waals surface area contributed by atoms with Gasteiger partial charge in [-0.25, -0.2) is 0 Å². The lowest BCUT2D eigenvalue weighted by Crippen LogP contribution is -2.44. The summed E-state index contributed by atoms with van der Waals surface area (Å²) in [5.41, 5.74) is 1.11. The number of carbonyl (C=O) groups excluding carboxylic acids is 1. The van der Waals surface area contributed by atoms with Gasteiger partial charge in [-0.1, -0.05) is 13.8 Å². The number of rotatable bonds is 6. The van der Waals surface area contributed by atoms with Gasteiger partial charge in [-0.05, 0) is 26.7 Å². The summed E-state index contributed by atoms with van der Waals surface area (Å²) in [5.74, 6) is 0.302. The number of nitrogens with one attached hydrogen (secondary N) is 1. The van der Waals surface area contributed by atoms with Crippen molar-refractivity contribution in [2.75, 3.05) is 12.4 Å². The Morgan fingerprint density at radius 3 is 2.60 bits per heavy atom. The average Bonchev–Trinajstić information content (AvgIpc) is 2.62. The predicted octanol–water partition coefficient (Wildman–Crippen LogP) is 1.88. The van der Waals surface area contributed by atoms with Crippen molar-refractivity contribution < 1.29 is 9.90 Å². The van der Waals surface area contributed by atoms with Crippen molar-refractivity contribution in [1.29, 1.82) is 0 Å². The topological polar surface area (TPSA) is 67.2 Å². The SMILES string of the molecule is Cc1nn(CCCl)c(C)c1C(=O)NCC(C)(O)C(C)C. The van der Waals surface area contributed by atoms with Crippen LogP contribution in [0.2, 0.25) is 0 Å². The molecule has 2 N–H and O–H groups in total. The third-order valence-electron chi connectivity index (χ3n) is 3.76. The lowest BCUT2D eigenvalue weighted by Gasteiger charge is -2.27. The molecule has 1 aromatic rings. The fourth-order valence-electron chi connectivity index (χ4n) is 1.88. The highest BCUT2D eigenvalue weighted by atomic mass is 35.5. The molecule has 0 radical (unpaired) electrons. The Balaban J connectivity index is 2.83. The molecule has 0 saturated heterocycles. The van der Waals surface area contributed by atoms with Gasteiger partial charge in [0.1, 0.15) is 0 Å². The Bertz CT molecular complexity index is 481. The minimum Gasteiger partial charge on any atom is -0.388 e. The molecule has 114 valence electrons. The fourth-order valence-corrected chi connectivity index (χ4v) is 2.04. The van der Waals surface area contributed by atoms with E-state index in [-0.39, 0.29) is 18.4 Å². The van der Waals surface area contributed by atoms with Gasteiger partial charge >= 0.3 is 0 Å². The lowest BCUT2D eigenvalue weighted by molar-refractivity contribution is 0.0142. The van der Waals surface area contributed by atoms with E-state index in [1.807, 2.05) is 20.8 Å². The maximum absolute atomic E-state index is 12.3. The largest absolute Gasteiger partial charge is 0.388 e. The van der Waals surface area contributed by atoms with E-state index in [0.29, 0.717) is 23.7 Å². The van der Waals surface area contributed by atoms with E-state index in [2.05, 4.69) is 10.4 Å². The van der Waals surface area contributed by atoms with Gasteiger partial charge in [0.05, 0.1) is 23.4 Å². The molecule has 1 unspecified atom stereocenters. The lowest BCUT2D eigenvalue weighted by atomic mass is 9.92. The molecule has 6 heteroatoms. The molecule has 20 heavy (non-hydrogen) atoms. The van der Waals surface area contributed by atoms with Crippen LogP contribution in [0.5, 0.6) is 0 Å². The van der Waals surface area contributed by atoms with Gasteiger partial charge in [0.15, 0.2) is 0 Å². The zero-order valence-electron chi connectivity index (χ0n) is 12.8. The summed E-state index contributed by atoms with van der Waals surface area (Å²) in [6.45, 7) is 9.99. The molecule has 1 heterocycles. The fraction of sp³-hybridized carbons (Fsp3) is 0.714. The highest BCUT2D eigenvalue weighted by Gasteiger charge is 2.27. The van der Waals surface area contributed by atoms with E-state index in [1.165, 1.54) is 0 Å². The van der Waals surface area contributed by atoms with E-state index in [1.54, 1.807) is 18.5 Å². The van der Waals surface area contributed by atoms with Crippen molar-refractivity contribution in [1.82, 2.24) is 15.1 Å². The van der Waals surface area contributed by atoms with Gasteiger partial charge < -0.3 is 10.4 Å². The van der Waals surface area contributed by atoms with Crippen LogP contribution < -0.4 is 5.32 Å². The van der Waals surface area contributed by atoms with Gasteiger partial charge in [-0.15, -0.1) is 11.6 Å². The normalized spacial score (nSPS) is 14.4. The first-order valence-corrected chi connectivity index (χ1v) is 7.34. The van der Waals surface area contributed by atoms with E-state index in [9.17, 15) is 9.90 Å². The third kappa shape index (κ3) is 3.73. The Hall–Kier alpha value is -1.07. The standard InChI is InChI=1S/C14H24ClN3O2/c1-9(2)14(5,20)8-16-13(19)12-10(3)17-18(7-6-15)11(12)4/h9,20H,6-8H2,1-5H3,(H,16,19). The number of aliphatic hydroxyl groups is 1. The second kappa shape index (κ2) is 6.59. The Labute approximate surface area is 125 Å². The number of hydrogen-bond acceptors (Lipinski definition) is 3. The average molecular weight is 302 g/mol. The number of carbonyl (C=O) groups is 1. The number of alkyl halides is 1. The van der Waals surface area contributed by atoms with Crippen molar-refractivity contribution in [2.24, 2.45) is 5.92 Å². The minimum atomic E-state index is -0.927. The van der Waals surface area contributed by atoms with Gasteiger partial charge in [0, 0.05) is 18.1 Å². The molecule has 0 fully saturated rings. The monoisotopic (exact) mass is 301 g/mol. The second-order valence-corrected chi connectivity index (χ2v) is 6.03. The van der Waals surface area contributed by atoms with Gasteiger partial charge in [-0.3, -0.25) is 9.48 Å². The number of amides is 1. The summed E-state index contributed by atoms with van der Waals surface area (Å²) < 4.78 is 1.73. The van der Waals surface area contributed by atoms with E-state index < -0.39 is 5.60 Å². The Morgan fingerprint density at radius 2 is 2.10 bits per heavy atom. The zero-order valence-corrected chi connectivity index (χ0v) is 13.6. The number of aryl methyl sites for hydroxylation is 2. The molecule has 0 aromatic carbocycles. The molecule has 1 amide bonds. The van der Waals surface area contributed by atoms with Crippen molar-refractivity contribution in [3.05, 3.63) is 17.0 Å². The Morgan fingerprint density at radius 1 is 1.50 bits per heavy atom. The molecular weight excluding hydrogens is 278 g/mol. The molecule has 5 nitrogen and oxygen atoms in total. The second-order valence-electron chi connectivity index (χ2n) is 5.65. The van der Waals surface area contributed by atoms with Gasteiger partial charge in [0.2, 0.25) is 0 Å². The van der Waals surface area contributed by atoms with Crippen LogP contribution in [0, 0.1) is 19.8 Å². The van der Waals surface area contributed by atoms with Crippen molar-refractivity contribution in [3.63, 3.8) is 0 Å². The summed E-state index contributed by atoms with van der Waals surface area (Å²) in [6, 6.07) is 0. The molecular formula is C14H24ClN3O2. The summed E-state index contributed by atoms with van der Waals surface area (Å²) in [7, 11) is 0. The molecule has 1 aromatic heterocycles. The highest BCUT2D eigenvalue weighted by molar-refractivity contribution is 6.17. The summed E-state index contributed by atoms with van der Waals surface area (Å²) >= 11 is 5.71. The van der Waals surface area contributed by atoms with Crippen LogP contribution in [-0.2, 0) is 6.54 Å². The zero-order chi connectivity index (χ0) is 15.5. The molecule has 1 atom stereocenters. The maximum atomic E-state index is 12.3. The molecule has 0 bridgehead atoms. The molecule has 1 rings (SSSR count). The van der Waals surface area contributed by atoms with Crippen LogP contribution in [0.3, 0.4) is 0 Å². The molecule has 0 aliphatic carbocycles. The van der Waals surface area contributed by atoms with Crippen LogP contribution in [0.25, 0.3) is 0 Å². The van der Waals surface area contributed by atoms with Crippen molar-refractivity contribution in [3.8, 4) is 0 Å². The third-order valence-corrected chi connectivity index (χ3v) is 3.92. The van der Waals surface area contributed by atoms with Gasteiger partial charge in [-0.2, -0.15) is 5.10 Å². The summed E-state index contributed by atoms with van der Waals surface area (Å²) in [5, 5.41) is 17.3. The first-order valence-electron chi connectivity index (χ1n) is 6.81. The summed E-state index contributed by atoms with van der Waals surface area (Å²) in [4.78, 5) is 12.3. The van der Waals surface area contributed by atoms with E-state index in [4.69, 9.17) is 11.6 Å². The summed E-state index contributed by atoms with van der Waals surface area (Å²) in [6.07, 6.45) is 0. The maximum Gasteiger partial charge on any atom is 0.255 e. The van der Waals surface area contributed by atoms with Gasteiger partial charge in [0.25, 0.3) is 5.91 Å². The predicted molar refractivity (Wildman–Crippen MR) is 80.2 cm³/mol.